The van der Waals surface area contributed by atoms with Crippen molar-refractivity contribution in [1.82, 2.24) is 4.90 Å². The van der Waals surface area contributed by atoms with Gasteiger partial charge in [-0.15, -0.1) is 0 Å². The molecular weight excluding hydrogens is 278 g/mol. The predicted octanol–water partition coefficient (Wildman–Crippen LogP) is 1.36. The third-order valence-corrected chi connectivity index (χ3v) is 3.88. The number of carbonyl (C=O) groups excluding carboxylic acids is 1. The molecule has 0 aliphatic carbocycles. The van der Waals surface area contributed by atoms with Gasteiger partial charge in [-0.1, -0.05) is 15.9 Å². The highest BCUT2D eigenvalue weighted by atomic mass is 79.9. The van der Waals surface area contributed by atoms with Crippen molar-refractivity contribution >= 4 is 22.0 Å². The molecule has 6 heteroatoms. The molecular formula is C10H16BrNO4. The molecule has 0 bridgehead atoms. The van der Waals surface area contributed by atoms with Crippen LogP contribution in [0.25, 0.3) is 0 Å². The Bertz CT molecular complexity index is 268. The maximum atomic E-state index is 11.5. The van der Waals surface area contributed by atoms with E-state index in [0.29, 0.717) is 39.3 Å². The van der Waals surface area contributed by atoms with Crippen LogP contribution in [-0.4, -0.2) is 54.5 Å². The van der Waals surface area contributed by atoms with E-state index in [-0.39, 0.29) is 10.9 Å². The highest BCUT2D eigenvalue weighted by Crippen LogP contribution is 2.35. The minimum Gasteiger partial charge on any atom is -0.450 e. The maximum Gasteiger partial charge on any atom is 0.409 e. The molecule has 2 heterocycles. The summed E-state index contributed by atoms with van der Waals surface area (Å²) in [6, 6.07) is 0. The summed E-state index contributed by atoms with van der Waals surface area (Å²) in [6.07, 6.45) is 0.418. The lowest BCUT2D eigenvalue weighted by molar-refractivity contribution is -0.176. The fraction of sp³-hybridized carbons (Fsp3) is 0.900. The molecule has 5 nitrogen and oxygen atoms in total. The summed E-state index contributed by atoms with van der Waals surface area (Å²) in [5.41, 5.74) is 0. The summed E-state index contributed by atoms with van der Waals surface area (Å²) in [5.74, 6) is -0.539. The van der Waals surface area contributed by atoms with Gasteiger partial charge in [0.05, 0.1) is 24.6 Å². The minimum absolute atomic E-state index is 0.000608. The average Bonchev–Trinajstić information content (AvgIpc) is 2.72. The minimum atomic E-state index is -0.539. The monoisotopic (exact) mass is 293 g/mol. The third-order valence-electron chi connectivity index (χ3n) is 2.89. The number of rotatable bonds is 1. The number of amides is 1. The first-order chi connectivity index (χ1) is 7.68. The normalized spacial score (nSPS) is 28.4. The van der Waals surface area contributed by atoms with Crippen LogP contribution in [0.5, 0.6) is 0 Å². The smallest absolute Gasteiger partial charge is 0.409 e. The van der Waals surface area contributed by atoms with Crippen molar-refractivity contribution in [3.05, 3.63) is 0 Å². The van der Waals surface area contributed by atoms with Gasteiger partial charge in [0.1, 0.15) is 0 Å². The Morgan fingerprint density at radius 3 is 2.81 bits per heavy atom. The largest absolute Gasteiger partial charge is 0.450 e. The Hall–Kier alpha value is -0.330. The van der Waals surface area contributed by atoms with E-state index in [1.807, 2.05) is 0 Å². The molecule has 0 saturated carbocycles. The van der Waals surface area contributed by atoms with Gasteiger partial charge in [-0.3, -0.25) is 0 Å². The number of piperidine rings is 1. The van der Waals surface area contributed by atoms with Gasteiger partial charge in [0, 0.05) is 19.5 Å². The van der Waals surface area contributed by atoms with Crippen LogP contribution in [0.3, 0.4) is 0 Å². The van der Waals surface area contributed by atoms with E-state index >= 15 is 0 Å². The Morgan fingerprint density at radius 2 is 2.25 bits per heavy atom. The van der Waals surface area contributed by atoms with Crippen LogP contribution in [0.1, 0.15) is 13.3 Å². The van der Waals surface area contributed by atoms with Gasteiger partial charge in [0.2, 0.25) is 0 Å². The van der Waals surface area contributed by atoms with Gasteiger partial charge in [0.15, 0.2) is 5.79 Å². The van der Waals surface area contributed by atoms with Crippen LogP contribution in [-0.2, 0) is 14.2 Å². The van der Waals surface area contributed by atoms with Crippen molar-refractivity contribution < 1.29 is 19.0 Å². The number of halogens is 1. The zero-order valence-electron chi connectivity index (χ0n) is 9.28. The van der Waals surface area contributed by atoms with Gasteiger partial charge in [-0.05, 0) is 6.92 Å². The van der Waals surface area contributed by atoms with Crippen molar-refractivity contribution in [3.8, 4) is 0 Å². The summed E-state index contributed by atoms with van der Waals surface area (Å²) >= 11 is 3.53. The van der Waals surface area contributed by atoms with Crippen molar-refractivity contribution in [3.63, 3.8) is 0 Å². The molecule has 1 amide bonds. The zero-order valence-corrected chi connectivity index (χ0v) is 10.9. The molecule has 2 aliphatic heterocycles. The molecule has 2 aliphatic rings. The second-order valence-electron chi connectivity index (χ2n) is 3.87. The lowest BCUT2D eigenvalue weighted by Crippen LogP contribution is -2.55. The maximum absolute atomic E-state index is 11.5. The van der Waals surface area contributed by atoms with Gasteiger partial charge in [-0.2, -0.15) is 0 Å². The number of nitrogens with zero attached hydrogens (tertiary/aromatic N) is 1. The molecule has 0 aromatic heterocycles. The number of hydrogen-bond donors (Lipinski definition) is 0. The summed E-state index contributed by atoms with van der Waals surface area (Å²) in [6.45, 7) is 4.63. The van der Waals surface area contributed by atoms with Crippen LogP contribution < -0.4 is 0 Å². The summed E-state index contributed by atoms with van der Waals surface area (Å²) in [4.78, 5) is 13.2. The van der Waals surface area contributed by atoms with E-state index in [9.17, 15) is 4.79 Å². The molecule has 0 aromatic carbocycles. The lowest BCUT2D eigenvalue weighted by Gasteiger charge is -2.40. The summed E-state index contributed by atoms with van der Waals surface area (Å²) in [5, 5.41) is 0. The Labute approximate surface area is 103 Å². The van der Waals surface area contributed by atoms with Crippen LogP contribution in [0.4, 0.5) is 4.79 Å². The standard InChI is InChI=1S/C10H16BrNO4/c1-2-14-9(13)12-4-3-10(8(11)7-12)15-5-6-16-10/h8H,2-7H2,1H3. The summed E-state index contributed by atoms with van der Waals surface area (Å²) in [7, 11) is 0. The first kappa shape index (κ1) is 12.1. The van der Waals surface area contributed by atoms with E-state index in [0.717, 1.165) is 0 Å². The van der Waals surface area contributed by atoms with Gasteiger partial charge >= 0.3 is 6.09 Å². The Morgan fingerprint density at radius 1 is 1.56 bits per heavy atom. The molecule has 0 radical (unpaired) electrons. The van der Waals surface area contributed by atoms with Crippen LogP contribution in [0, 0.1) is 0 Å². The number of hydrogen-bond acceptors (Lipinski definition) is 4. The SMILES string of the molecule is CCOC(=O)N1CCC2(OCCO2)C(Br)C1. The second-order valence-corrected chi connectivity index (χ2v) is 4.98. The fourth-order valence-electron chi connectivity index (χ4n) is 2.05. The van der Waals surface area contributed by atoms with Crippen molar-refractivity contribution in [2.45, 2.75) is 24.0 Å². The van der Waals surface area contributed by atoms with E-state index in [2.05, 4.69) is 15.9 Å². The molecule has 1 atom stereocenters. The fourth-order valence-corrected chi connectivity index (χ4v) is 2.89. The van der Waals surface area contributed by atoms with Gasteiger partial charge < -0.3 is 19.1 Å². The van der Waals surface area contributed by atoms with Crippen molar-refractivity contribution in [2.75, 3.05) is 32.9 Å². The Kier molecular flexibility index (Phi) is 3.71. The second kappa shape index (κ2) is 4.89. The molecule has 2 saturated heterocycles. The molecule has 16 heavy (non-hydrogen) atoms. The van der Waals surface area contributed by atoms with Crippen LogP contribution >= 0.6 is 15.9 Å². The number of alkyl halides is 1. The lowest BCUT2D eigenvalue weighted by atomic mass is 10.0. The number of likely N-dealkylation sites (tertiary alicyclic amines) is 1. The molecule has 92 valence electrons. The highest BCUT2D eigenvalue weighted by Gasteiger charge is 2.47. The van der Waals surface area contributed by atoms with Gasteiger partial charge in [-0.25, -0.2) is 4.79 Å². The first-order valence-electron chi connectivity index (χ1n) is 5.51. The van der Waals surface area contributed by atoms with Crippen LogP contribution in [0.15, 0.2) is 0 Å². The molecule has 0 aromatic rings. The van der Waals surface area contributed by atoms with Gasteiger partial charge in [0.25, 0.3) is 0 Å². The molecule has 0 N–H and O–H groups in total. The van der Waals surface area contributed by atoms with Crippen LogP contribution in [0.2, 0.25) is 0 Å². The summed E-state index contributed by atoms with van der Waals surface area (Å²) < 4.78 is 16.2. The number of ether oxygens (including phenoxy) is 3. The highest BCUT2D eigenvalue weighted by molar-refractivity contribution is 9.09. The third kappa shape index (κ3) is 2.19. The number of carbonyl (C=O) groups is 1. The molecule has 1 unspecified atom stereocenters. The predicted molar refractivity (Wildman–Crippen MR) is 60.6 cm³/mol. The molecule has 2 fully saturated rings. The average molecular weight is 294 g/mol. The molecule has 1 spiro atoms. The van der Waals surface area contributed by atoms with E-state index in [1.165, 1.54) is 0 Å². The molecule has 2 rings (SSSR count). The quantitative estimate of drug-likeness (QED) is 0.685. The van der Waals surface area contributed by atoms with Crippen molar-refractivity contribution in [2.24, 2.45) is 0 Å². The van der Waals surface area contributed by atoms with E-state index < -0.39 is 5.79 Å². The zero-order chi connectivity index (χ0) is 11.6. The van der Waals surface area contributed by atoms with E-state index in [4.69, 9.17) is 14.2 Å². The van der Waals surface area contributed by atoms with Crippen molar-refractivity contribution in [1.29, 1.82) is 0 Å². The first-order valence-corrected chi connectivity index (χ1v) is 6.43. The van der Waals surface area contributed by atoms with E-state index in [1.54, 1.807) is 11.8 Å². The topological polar surface area (TPSA) is 48.0 Å². The Balaban J connectivity index is 1.94.